The number of nitrogens with zero attached hydrogens (tertiary/aromatic N) is 3. The van der Waals surface area contributed by atoms with Crippen molar-refractivity contribution < 1.29 is 14.3 Å². The lowest BCUT2D eigenvalue weighted by atomic mass is 10.1. The monoisotopic (exact) mass is 413 g/mol. The lowest BCUT2D eigenvalue weighted by molar-refractivity contribution is 0.0600. The van der Waals surface area contributed by atoms with E-state index in [0.29, 0.717) is 15.6 Å². The van der Waals surface area contributed by atoms with Crippen molar-refractivity contribution in [1.29, 1.82) is 0 Å². The Kier molecular flexibility index (Phi) is 5.02. The number of carbonyl (C=O) groups is 1. The van der Waals surface area contributed by atoms with Crippen LogP contribution in [0.3, 0.4) is 0 Å². The molecule has 4 rings (SSSR count). The number of ether oxygens (including phenoxy) is 2. The van der Waals surface area contributed by atoms with Gasteiger partial charge >= 0.3 is 5.97 Å². The van der Waals surface area contributed by atoms with Crippen LogP contribution in [0, 0.1) is 0 Å². The molecule has 0 aliphatic heterocycles. The number of aromatic nitrogens is 3. The summed E-state index contributed by atoms with van der Waals surface area (Å²) in [5.41, 5.74) is 2.49. The number of fused-ring (bicyclic) bond motifs is 1. The number of carbonyl (C=O) groups excluding carboxylic acids is 1. The summed E-state index contributed by atoms with van der Waals surface area (Å²) in [4.78, 5) is 21.1. The van der Waals surface area contributed by atoms with Gasteiger partial charge in [0.2, 0.25) is 0 Å². The summed E-state index contributed by atoms with van der Waals surface area (Å²) < 4.78 is 12.9. The highest BCUT2D eigenvalue weighted by molar-refractivity contribution is 7.16. The molecule has 0 aliphatic rings. The van der Waals surface area contributed by atoms with Gasteiger partial charge in [0.25, 0.3) is 0 Å². The Hall–Kier alpha value is -2.90. The maximum Gasteiger partial charge on any atom is 0.351 e. The van der Waals surface area contributed by atoms with E-state index in [1.54, 1.807) is 18.7 Å². The first-order chi connectivity index (χ1) is 13.6. The van der Waals surface area contributed by atoms with E-state index >= 15 is 0 Å². The van der Waals surface area contributed by atoms with Crippen LogP contribution in [0.4, 0.5) is 0 Å². The van der Waals surface area contributed by atoms with Crippen LogP contribution in [0.25, 0.3) is 16.0 Å². The Balaban J connectivity index is 1.74. The molecule has 3 heterocycles. The van der Waals surface area contributed by atoms with Crippen LogP contribution in [0.15, 0.2) is 55.1 Å². The van der Waals surface area contributed by atoms with Crippen LogP contribution in [0.2, 0.25) is 5.02 Å². The summed E-state index contributed by atoms with van der Waals surface area (Å²) in [7, 11) is 1.35. The number of imidazole rings is 1. The molecule has 1 aromatic carbocycles. The SMILES string of the molecule is COC(=O)c1sc(-n2cnc3cnccc32)cc1OC(C)c1ccccc1Cl. The minimum absolute atomic E-state index is 0.344. The Labute approximate surface area is 170 Å². The summed E-state index contributed by atoms with van der Waals surface area (Å²) in [6.45, 7) is 1.89. The highest BCUT2D eigenvalue weighted by Gasteiger charge is 2.22. The molecule has 3 aromatic heterocycles. The van der Waals surface area contributed by atoms with Crippen molar-refractivity contribution in [2.24, 2.45) is 0 Å². The van der Waals surface area contributed by atoms with E-state index in [9.17, 15) is 4.79 Å². The summed E-state index contributed by atoms with van der Waals surface area (Å²) in [5, 5.41) is 1.40. The van der Waals surface area contributed by atoms with Gasteiger partial charge in [-0.1, -0.05) is 29.8 Å². The molecular formula is C20H16ClN3O3S. The fraction of sp³-hybridized carbons (Fsp3) is 0.150. The van der Waals surface area contributed by atoms with E-state index < -0.39 is 5.97 Å². The molecule has 0 aliphatic carbocycles. The second-order valence-corrected chi connectivity index (χ2v) is 7.47. The lowest BCUT2D eigenvalue weighted by Gasteiger charge is -2.16. The molecule has 0 saturated heterocycles. The quantitative estimate of drug-likeness (QED) is 0.428. The first kappa shape index (κ1) is 18.5. The van der Waals surface area contributed by atoms with E-state index in [0.717, 1.165) is 21.6 Å². The van der Waals surface area contributed by atoms with Gasteiger partial charge in [0.1, 0.15) is 28.7 Å². The van der Waals surface area contributed by atoms with Crippen molar-refractivity contribution in [1.82, 2.24) is 14.5 Å². The zero-order chi connectivity index (χ0) is 19.7. The Morgan fingerprint density at radius 3 is 2.89 bits per heavy atom. The molecule has 0 saturated carbocycles. The van der Waals surface area contributed by atoms with Gasteiger partial charge in [-0.15, -0.1) is 11.3 Å². The van der Waals surface area contributed by atoms with Crippen molar-refractivity contribution in [2.45, 2.75) is 13.0 Å². The first-order valence-corrected chi connectivity index (χ1v) is 9.68. The number of benzene rings is 1. The summed E-state index contributed by atoms with van der Waals surface area (Å²) in [5.74, 6) is -0.0149. The molecular weight excluding hydrogens is 398 g/mol. The number of methoxy groups -OCH3 is 1. The van der Waals surface area contributed by atoms with Gasteiger partial charge in [0, 0.05) is 22.8 Å². The summed E-state index contributed by atoms with van der Waals surface area (Å²) in [6, 6.07) is 11.1. The fourth-order valence-corrected chi connectivity index (χ4v) is 4.18. The van der Waals surface area contributed by atoms with Crippen LogP contribution in [-0.4, -0.2) is 27.6 Å². The first-order valence-electron chi connectivity index (χ1n) is 8.49. The number of halogens is 1. The third-order valence-corrected chi connectivity index (χ3v) is 5.73. The zero-order valence-corrected chi connectivity index (χ0v) is 16.7. The van der Waals surface area contributed by atoms with Crippen molar-refractivity contribution in [3.63, 3.8) is 0 Å². The maximum atomic E-state index is 12.3. The smallest absolute Gasteiger partial charge is 0.351 e. The largest absolute Gasteiger partial charge is 0.484 e. The second kappa shape index (κ2) is 7.61. The van der Waals surface area contributed by atoms with Crippen molar-refractivity contribution in [2.75, 3.05) is 7.11 Å². The molecule has 1 atom stereocenters. The minimum atomic E-state index is -0.455. The molecule has 6 nitrogen and oxygen atoms in total. The molecule has 0 radical (unpaired) electrons. The summed E-state index contributed by atoms with van der Waals surface area (Å²) >= 11 is 7.56. The van der Waals surface area contributed by atoms with Crippen molar-refractivity contribution >= 4 is 39.9 Å². The minimum Gasteiger partial charge on any atom is -0.484 e. The average molecular weight is 414 g/mol. The molecule has 142 valence electrons. The van der Waals surface area contributed by atoms with Gasteiger partial charge in [-0.25, -0.2) is 9.78 Å². The standard InChI is InChI=1S/C20H16ClN3O3S/c1-12(13-5-3-4-6-14(13)21)27-17-9-18(28-19(17)20(25)26-2)24-11-23-15-10-22-8-7-16(15)24/h3-12H,1-2H3. The topological polar surface area (TPSA) is 66.2 Å². The van der Waals surface area contributed by atoms with Gasteiger partial charge in [-0.05, 0) is 19.1 Å². The number of hydrogen-bond acceptors (Lipinski definition) is 6. The molecule has 0 bridgehead atoms. The van der Waals surface area contributed by atoms with E-state index in [1.807, 2.05) is 47.9 Å². The van der Waals surface area contributed by atoms with Crippen molar-refractivity contribution in [3.8, 4) is 10.8 Å². The molecule has 0 fully saturated rings. The Morgan fingerprint density at radius 1 is 1.29 bits per heavy atom. The van der Waals surface area contributed by atoms with E-state index in [4.69, 9.17) is 21.1 Å². The fourth-order valence-electron chi connectivity index (χ4n) is 2.90. The molecule has 0 spiro atoms. The average Bonchev–Trinajstić information content (AvgIpc) is 3.31. The van der Waals surface area contributed by atoms with Crippen molar-refractivity contribution in [3.05, 3.63) is 70.6 Å². The highest BCUT2D eigenvalue weighted by Crippen LogP contribution is 2.37. The van der Waals surface area contributed by atoms with E-state index in [1.165, 1.54) is 18.4 Å². The molecule has 4 aromatic rings. The van der Waals surface area contributed by atoms with E-state index in [-0.39, 0.29) is 6.10 Å². The van der Waals surface area contributed by atoms with Crippen LogP contribution in [0.5, 0.6) is 5.75 Å². The number of rotatable bonds is 5. The van der Waals surface area contributed by atoms with Gasteiger partial charge in [-0.3, -0.25) is 9.55 Å². The van der Waals surface area contributed by atoms with Gasteiger partial charge < -0.3 is 9.47 Å². The van der Waals surface area contributed by atoms with Crippen LogP contribution < -0.4 is 4.74 Å². The number of hydrogen-bond donors (Lipinski definition) is 0. The molecule has 8 heteroatoms. The highest BCUT2D eigenvalue weighted by atomic mass is 35.5. The lowest BCUT2D eigenvalue weighted by Crippen LogP contribution is -2.07. The van der Waals surface area contributed by atoms with Crippen LogP contribution in [0.1, 0.15) is 28.3 Å². The third kappa shape index (κ3) is 3.34. The number of esters is 1. The summed E-state index contributed by atoms with van der Waals surface area (Å²) in [6.07, 6.45) is 4.74. The molecule has 1 unspecified atom stereocenters. The van der Waals surface area contributed by atoms with Crippen LogP contribution in [-0.2, 0) is 4.74 Å². The van der Waals surface area contributed by atoms with E-state index in [2.05, 4.69) is 9.97 Å². The number of pyridine rings is 1. The Morgan fingerprint density at radius 2 is 2.11 bits per heavy atom. The van der Waals surface area contributed by atoms with Crippen LogP contribution >= 0.6 is 22.9 Å². The predicted octanol–water partition coefficient (Wildman–Crippen LogP) is 5.06. The third-order valence-electron chi connectivity index (χ3n) is 4.29. The maximum absolute atomic E-state index is 12.3. The molecule has 28 heavy (non-hydrogen) atoms. The molecule has 0 amide bonds. The normalized spacial score (nSPS) is 12.1. The number of thiophene rings is 1. The zero-order valence-electron chi connectivity index (χ0n) is 15.1. The van der Waals surface area contributed by atoms with Gasteiger partial charge in [0.05, 0.1) is 18.8 Å². The Bertz CT molecular complexity index is 1150. The molecule has 0 N–H and O–H groups in total. The predicted molar refractivity (Wildman–Crippen MR) is 109 cm³/mol. The van der Waals surface area contributed by atoms with Gasteiger partial charge in [-0.2, -0.15) is 0 Å². The second-order valence-electron chi connectivity index (χ2n) is 6.03. The van der Waals surface area contributed by atoms with Gasteiger partial charge in [0.15, 0.2) is 4.88 Å².